The molecule has 68 valence electrons. The third-order valence-electron chi connectivity index (χ3n) is 2.61. The van der Waals surface area contributed by atoms with Crippen LogP contribution < -0.4 is 5.73 Å². The third kappa shape index (κ3) is 1.92. The van der Waals surface area contributed by atoms with Crippen molar-refractivity contribution >= 4 is 5.69 Å². The molecule has 0 radical (unpaired) electrons. The molecule has 0 saturated heterocycles. The van der Waals surface area contributed by atoms with Crippen LogP contribution in [0.5, 0.6) is 0 Å². The number of allylic oxidation sites excluding steroid dienone is 2. The van der Waals surface area contributed by atoms with Gasteiger partial charge in [-0.1, -0.05) is 29.8 Å². The average Bonchev–Trinajstić information content (AvgIpc) is 2.61. The molecule has 0 heterocycles. The van der Waals surface area contributed by atoms with Gasteiger partial charge < -0.3 is 5.73 Å². The lowest BCUT2D eigenvalue weighted by Gasteiger charge is -2.05. The Bertz CT molecular complexity index is 326. The van der Waals surface area contributed by atoms with Crippen LogP contribution in [-0.4, -0.2) is 0 Å². The fraction of sp³-hybridized carbons (Fsp3) is 0.333. The summed E-state index contributed by atoms with van der Waals surface area (Å²) in [6.45, 7) is 0. The number of anilines is 1. The molecular formula is C12H15N. The number of nitrogens with two attached hydrogens (primary N) is 1. The topological polar surface area (TPSA) is 26.0 Å². The molecule has 0 spiro atoms. The van der Waals surface area contributed by atoms with Gasteiger partial charge in [-0.05, 0) is 37.3 Å². The van der Waals surface area contributed by atoms with Crippen LogP contribution in [0.1, 0.15) is 24.8 Å². The summed E-state index contributed by atoms with van der Waals surface area (Å²) in [7, 11) is 0. The Hall–Kier alpha value is -1.24. The first-order valence-electron chi connectivity index (χ1n) is 4.87. The van der Waals surface area contributed by atoms with Crippen molar-refractivity contribution in [2.45, 2.75) is 25.7 Å². The summed E-state index contributed by atoms with van der Waals surface area (Å²) in [4.78, 5) is 0. The molecule has 1 aromatic carbocycles. The molecule has 1 aromatic rings. The minimum Gasteiger partial charge on any atom is -0.398 e. The SMILES string of the molecule is Nc1ccccc1CC1=CCCC1. The van der Waals surface area contributed by atoms with Crippen LogP contribution in [0.3, 0.4) is 0 Å². The molecule has 13 heavy (non-hydrogen) atoms. The zero-order chi connectivity index (χ0) is 9.10. The van der Waals surface area contributed by atoms with Crippen LogP contribution in [0, 0.1) is 0 Å². The summed E-state index contributed by atoms with van der Waals surface area (Å²) in [5.41, 5.74) is 9.63. The molecule has 0 amide bonds. The fourth-order valence-electron chi connectivity index (χ4n) is 1.84. The third-order valence-corrected chi connectivity index (χ3v) is 2.61. The Balaban J connectivity index is 2.13. The van der Waals surface area contributed by atoms with Gasteiger partial charge in [0.25, 0.3) is 0 Å². The van der Waals surface area contributed by atoms with E-state index in [0.29, 0.717) is 0 Å². The van der Waals surface area contributed by atoms with Gasteiger partial charge in [0, 0.05) is 5.69 Å². The molecule has 1 aliphatic rings. The summed E-state index contributed by atoms with van der Waals surface area (Å²) in [5.74, 6) is 0. The predicted molar refractivity (Wildman–Crippen MR) is 56.5 cm³/mol. The average molecular weight is 173 g/mol. The van der Waals surface area contributed by atoms with Crippen molar-refractivity contribution in [2.24, 2.45) is 0 Å². The van der Waals surface area contributed by atoms with Gasteiger partial charge in [0.1, 0.15) is 0 Å². The van der Waals surface area contributed by atoms with E-state index in [0.717, 1.165) is 12.1 Å². The first kappa shape index (κ1) is 8.36. The van der Waals surface area contributed by atoms with Crippen LogP contribution in [0.15, 0.2) is 35.9 Å². The van der Waals surface area contributed by atoms with E-state index in [1.165, 1.54) is 24.8 Å². The normalized spacial score (nSPS) is 15.8. The molecule has 1 aliphatic carbocycles. The van der Waals surface area contributed by atoms with E-state index in [-0.39, 0.29) is 0 Å². The Labute approximate surface area is 79.3 Å². The Kier molecular flexibility index (Phi) is 2.35. The second kappa shape index (κ2) is 3.65. The smallest absolute Gasteiger partial charge is 0.0349 e. The minimum atomic E-state index is 0.926. The lowest BCUT2D eigenvalue weighted by molar-refractivity contribution is 0.888. The number of hydrogen-bond acceptors (Lipinski definition) is 1. The summed E-state index contributed by atoms with van der Waals surface area (Å²) in [6, 6.07) is 8.14. The zero-order valence-electron chi connectivity index (χ0n) is 7.79. The molecule has 0 fully saturated rings. The molecule has 0 unspecified atom stereocenters. The van der Waals surface area contributed by atoms with Crippen molar-refractivity contribution in [2.75, 3.05) is 5.73 Å². The Morgan fingerprint density at radius 1 is 1.23 bits per heavy atom. The minimum absolute atomic E-state index is 0.926. The second-order valence-electron chi connectivity index (χ2n) is 3.63. The van der Waals surface area contributed by atoms with E-state index in [1.54, 1.807) is 5.57 Å². The van der Waals surface area contributed by atoms with Crippen molar-refractivity contribution < 1.29 is 0 Å². The van der Waals surface area contributed by atoms with Gasteiger partial charge in [-0.25, -0.2) is 0 Å². The molecule has 0 bridgehead atoms. The van der Waals surface area contributed by atoms with Crippen LogP contribution in [0.25, 0.3) is 0 Å². The molecule has 0 aliphatic heterocycles. The van der Waals surface area contributed by atoms with E-state index in [9.17, 15) is 0 Å². The van der Waals surface area contributed by atoms with E-state index in [4.69, 9.17) is 5.73 Å². The van der Waals surface area contributed by atoms with Crippen LogP contribution in [-0.2, 0) is 6.42 Å². The van der Waals surface area contributed by atoms with Crippen molar-refractivity contribution in [1.82, 2.24) is 0 Å². The van der Waals surface area contributed by atoms with E-state index in [1.807, 2.05) is 12.1 Å². The molecule has 1 heteroatoms. The summed E-state index contributed by atoms with van der Waals surface area (Å²) in [5, 5.41) is 0. The first-order chi connectivity index (χ1) is 6.36. The van der Waals surface area contributed by atoms with Crippen molar-refractivity contribution in [3.05, 3.63) is 41.5 Å². The summed E-state index contributed by atoms with van der Waals surface area (Å²) >= 11 is 0. The molecule has 2 N–H and O–H groups in total. The fourth-order valence-corrected chi connectivity index (χ4v) is 1.84. The lowest BCUT2D eigenvalue weighted by Crippen LogP contribution is -1.94. The highest BCUT2D eigenvalue weighted by Crippen LogP contribution is 2.23. The van der Waals surface area contributed by atoms with Gasteiger partial charge >= 0.3 is 0 Å². The maximum Gasteiger partial charge on any atom is 0.0349 e. The molecule has 0 saturated carbocycles. The number of rotatable bonds is 2. The van der Waals surface area contributed by atoms with Crippen molar-refractivity contribution in [3.63, 3.8) is 0 Å². The van der Waals surface area contributed by atoms with Crippen LogP contribution in [0.4, 0.5) is 5.69 Å². The highest BCUT2D eigenvalue weighted by atomic mass is 14.6. The number of nitrogen functional groups attached to an aromatic ring is 1. The lowest BCUT2D eigenvalue weighted by atomic mass is 10.0. The summed E-state index contributed by atoms with van der Waals surface area (Å²) in [6.07, 6.45) is 7.23. The quantitative estimate of drug-likeness (QED) is 0.540. The maximum atomic E-state index is 5.87. The summed E-state index contributed by atoms with van der Waals surface area (Å²) < 4.78 is 0. The van der Waals surface area contributed by atoms with Gasteiger partial charge in [-0.3, -0.25) is 0 Å². The molecule has 1 nitrogen and oxygen atoms in total. The zero-order valence-corrected chi connectivity index (χ0v) is 7.79. The van der Waals surface area contributed by atoms with Gasteiger partial charge in [-0.2, -0.15) is 0 Å². The van der Waals surface area contributed by atoms with E-state index < -0.39 is 0 Å². The maximum absolute atomic E-state index is 5.87. The van der Waals surface area contributed by atoms with Crippen molar-refractivity contribution in [1.29, 1.82) is 0 Å². The number of benzene rings is 1. The molecule has 2 rings (SSSR count). The molecule has 0 atom stereocenters. The first-order valence-corrected chi connectivity index (χ1v) is 4.87. The highest BCUT2D eigenvalue weighted by Gasteiger charge is 2.06. The van der Waals surface area contributed by atoms with Gasteiger partial charge in [0.2, 0.25) is 0 Å². The van der Waals surface area contributed by atoms with Gasteiger partial charge in [0.15, 0.2) is 0 Å². The Morgan fingerprint density at radius 3 is 2.77 bits per heavy atom. The standard InChI is InChI=1S/C12H15N/c13-12-8-4-3-7-11(12)9-10-5-1-2-6-10/h3-5,7-8H,1-2,6,9,13H2. The largest absolute Gasteiger partial charge is 0.398 e. The van der Waals surface area contributed by atoms with Crippen LogP contribution >= 0.6 is 0 Å². The number of hydrogen-bond donors (Lipinski definition) is 1. The van der Waals surface area contributed by atoms with Gasteiger partial charge in [0.05, 0.1) is 0 Å². The van der Waals surface area contributed by atoms with Gasteiger partial charge in [-0.15, -0.1) is 0 Å². The molecule has 0 aromatic heterocycles. The second-order valence-corrected chi connectivity index (χ2v) is 3.63. The monoisotopic (exact) mass is 173 g/mol. The molecular weight excluding hydrogens is 158 g/mol. The predicted octanol–water partition coefficient (Wildman–Crippen LogP) is 2.92. The van der Waals surface area contributed by atoms with Crippen LogP contribution in [0.2, 0.25) is 0 Å². The van der Waals surface area contributed by atoms with Crippen molar-refractivity contribution in [3.8, 4) is 0 Å². The highest BCUT2D eigenvalue weighted by molar-refractivity contribution is 5.48. The van der Waals surface area contributed by atoms with E-state index in [2.05, 4.69) is 18.2 Å². The van der Waals surface area contributed by atoms with E-state index >= 15 is 0 Å². The number of para-hydroxylation sites is 1. The Morgan fingerprint density at radius 2 is 2.08 bits per heavy atom.